The Kier molecular flexibility index (Phi) is 5.21. The lowest BCUT2D eigenvalue weighted by molar-refractivity contribution is -0.120. The second-order valence-electron chi connectivity index (χ2n) is 4.11. The largest absolute Gasteiger partial charge is 0.359 e. The molecule has 1 amide bonds. The summed E-state index contributed by atoms with van der Waals surface area (Å²) in [6.45, 7) is 1.22. The van der Waals surface area contributed by atoms with Crippen molar-refractivity contribution in [2.75, 3.05) is 25.9 Å². The Morgan fingerprint density at radius 1 is 1.44 bits per heavy atom. The highest BCUT2D eigenvalue weighted by molar-refractivity contribution is 7.92. The second-order valence-corrected chi connectivity index (χ2v) is 6.51. The average molecular weight is 248 g/mol. The predicted octanol–water partition coefficient (Wildman–Crippen LogP) is -0.321. The zero-order valence-corrected chi connectivity index (χ0v) is 10.5. The first kappa shape index (κ1) is 13.4. The van der Waals surface area contributed by atoms with Gasteiger partial charge >= 0.3 is 0 Å². The second kappa shape index (κ2) is 6.20. The summed E-state index contributed by atoms with van der Waals surface area (Å²) in [5, 5.41) is 5.44. The number of amides is 1. The molecule has 0 saturated carbocycles. The maximum Gasteiger partial charge on any atom is 0.219 e. The number of sulfone groups is 1. The minimum Gasteiger partial charge on any atom is -0.359 e. The lowest BCUT2D eigenvalue weighted by Gasteiger charge is -2.10. The van der Waals surface area contributed by atoms with Crippen molar-refractivity contribution in [2.24, 2.45) is 0 Å². The van der Waals surface area contributed by atoms with Crippen molar-refractivity contribution in [3.8, 4) is 0 Å². The number of hydrogen-bond donors (Lipinski definition) is 2. The van der Waals surface area contributed by atoms with Crippen molar-refractivity contribution in [1.82, 2.24) is 10.6 Å². The fourth-order valence-corrected chi connectivity index (χ4v) is 3.65. The van der Waals surface area contributed by atoms with Crippen molar-refractivity contribution < 1.29 is 13.2 Å². The van der Waals surface area contributed by atoms with E-state index in [4.69, 9.17) is 0 Å². The molecule has 1 aliphatic rings. The van der Waals surface area contributed by atoms with E-state index in [1.165, 1.54) is 0 Å². The smallest absolute Gasteiger partial charge is 0.219 e. The topological polar surface area (TPSA) is 75.3 Å². The fourth-order valence-electron chi connectivity index (χ4n) is 1.85. The summed E-state index contributed by atoms with van der Waals surface area (Å²) in [7, 11) is -1.23. The van der Waals surface area contributed by atoms with Crippen LogP contribution in [-0.4, -0.2) is 45.5 Å². The Morgan fingerprint density at radius 2 is 2.19 bits per heavy atom. The van der Waals surface area contributed by atoms with Crippen molar-refractivity contribution in [2.45, 2.75) is 30.9 Å². The molecule has 1 aliphatic heterocycles. The van der Waals surface area contributed by atoms with E-state index in [0.29, 0.717) is 25.3 Å². The van der Waals surface area contributed by atoms with Crippen LogP contribution >= 0.6 is 0 Å². The Morgan fingerprint density at radius 3 is 2.75 bits per heavy atom. The Hall–Kier alpha value is -0.620. The Balaban J connectivity index is 2.10. The summed E-state index contributed by atoms with van der Waals surface area (Å²) >= 11 is 0. The molecular weight excluding hydrogens is 228 g/mol. The van der Waals surface area contributed by atoms with Gasteiger partial charge in [0.1, 0.15) is 0 Å². The summed E-state index contributed by atoms with van der Waals surface area (Å²) in [6.07, 6.45) is 2.78. The van der Waals surface area contributed by atoms with Gasteiger partial charge in [-0.2, -0.15) is 0 Å². The summed E-state index contributed by atoms with van der Waals surface area (Å²) in [5.41, 5.74) is 0. The summed E-state index contributed by atoms with van der Waals surface area (Å²) < 4.78 is 23.0. The molecule has 0 aromatic heterocycles. The van der Waals surface area contributed by atoms with Crippen LogP contribution in [0.5, 0.6) is 0 Å². The van der Waals surface area contributed by atoms with E-state index in [1.807, 2.05) is 0 Å². The van der Waals surface area contributed by atoms with Crippen LogP contribution < -0.4 is 10.6 Å². The third-order valence-corrected chi connectivity index (χ3v) is 5.15. The lowest BCUT2D eigenvalue weighted by atomic mass is 10.2. The zero-order chi connectivity index (χ0) is 12.0. The first-order valence-electron chi connectivity index (χ1n) is 5.69. The third-order valence-electron chi connectivity index (χ3n) is 2.87. The predicted molar refractivity (Wildman–Crippen MR) is 63.0 cm³/mol. The first-order valence-corrected chi connectivity index (χ1v) is 7.40. The highest BCUT2D eigenvalue weighted by atomic mass is 32.2. The minimum atomic E-state index is -2.84. The molecule has 6 heteroatoms. The van der Waals surface area contributed by atoms with Crippen LogP contribution in [0.15, 0.2) is 0 Å². The molecule has 1 saturated heterocycles. The molecule has 0 bridgehead atoms. The normalized spacial score (nSPS) is 23.2. The van der Waals surface area contributed by atoms with Gasteiger partial charge in [0.05, 0.1) is 11.0 Å². The molecule has 0 aromatic rings. The molecule has 0 aliphatic carbocycles. The van der Waals surface area contributed by atoms with Crippen molar-refractivity contribution in [1.29, 1.82) is 0 Å². The molecule has 94 valence electrons. The fraction of sp³-hybridized carbons (Fsp3) is 0.900. The zero-order valence-electron chi connectivity index (χ0n) is 9.66. The highest BCUT2D eigenvalue weighted by Crippen LogP contribution is 2.18. The van der Waals surface area contributed by atoms with Gasteiger partial charge in [0.2, 0.25) is 5.91 Å². The molecule has 0 spiro atoms. The standard InChI is InChI=1S/C10H20N2O3S/c1-11-10(13)5-2-6-12-8-9-4-3-7-16(9,14)15/h9,12H,2-8H2,1H3,(H,11,13). The first-order chi connectivity index (χ1) is 7.56. The van der Waals surface area contributed by atoms with Gasteiger partial charge in [-0.3, -0.25) is 4.79 Å². The summed E-state index contributed by atoms with van der Waals surface area (Å²) in [5.74, 6) is 0.354. The van der Waals surface area contributed by atoms with E-state index >= 15 is 0 Å². The quantitative estimate of drug-likeness (QED) is 0.632. The number of carbonyl (C=O) groups is 1. The van der Waals surface area contributed by atoms with Gasteiger partial charge < -0.3 is 10.6 Å². The lowest BCUT2D eigenvalue weighted by Crippen LogP contribution is -2.31. The van der Waals surface area contributed by atoms with Gasteiger partial charge in [-0.25, -0.2) is 8.42 Å². The molecule has 16 heavy (non-hydrogen) atoms. The van der Waals surface area contributed by atoms with E-state index in [0.717, 1.165) is 19.3 Å². The van der Waals surface area contributed by atoms with Crippen LogP contribution in [0.25, 0.3) is 0 Å². The molecule has 5 nitrogen and oxygen atoms in total. The molecule has 1 heterocycles. The van der Waals surface area contributed by atoms with Crippen molar-refractivity contribution >= 4 is 15.7 Å². The monoisotopic (exact) mass is 248 g/mol. The number of nitrogens with one attached hydrogen (secondary N) is 2. The molecule has 1 atom stereocenters. The molecule has 0 aromatic carbocycles. The molecule has 1 rings (SSSR count). The van der Waals surface area contributed by atoms with Crippen LogP contribution in [0.3, 0.4) is 0 Å². The van der Waals surface area contributed by atoms with Crippen LogP contribution in [-0.2, 0) is 14.6 Å². The number of carbonyl (C=O) groups excluding carboxylic acids is 1. The van der Waals surface area contributed by atoms with Gasteiger partial charge in [-0.1, -0.05) is 0 Å². The van der Waals surface area contributed by atoms with E-state index in [2.05, 4.69) is 10.6 Å². The SMILES string of the molecule is CNC(=O)CCCNCC1CCCS1(=O)=O. The van der Waals surface area contributed by atoms with E-state index in [1.54, 1.807) is 7.05 Å². The van der Waals surface area contributed by atoms with Gasteiger partial charge in [0.15, 0.2) is 9.84 Å². The summed E-state index contributed by atoms with van der Waals surface area (Å²) in [4.78, 5) is 10.9. The Bertz CT molecular complexity index is 327. The molecule has 1 fully saturated rings. The van der Waals surface area contributed by atoms with Crippen LogP contribution in [0.2, 0.25) is 0 Å². The highest BCUT2D eigenvalue weighted by Gasteiger charge is 2.30. The number of hydrogen-bond acceptors (Lipinski definition) is 4. The van der Waals surface area contributed by atoms with Crippen LogP contribution in [0.4, 0.5) is 0 Å². The van der Waals surface area contributed by atoms with Crippen molar-refractivity contribution in [3.63, 3.8) is 0 Å². The average Bonchev–Trinajstić information content (AvgIpc) is 2.57. The molecule has 2 N–H and O–H groups in total. The molecular formula is C10H20N2O3S. The summed E-state index contributed by atoms with van der Waals surface area (Å²) in [6, 6.07) is 0. The van der Waals surface area contributed by atoms with E-state index in [-0.39, 0.29) is 11.2 Å². The van der Waals surface area contributed by atoms with Crippen molar-refractivity contribution in [3.05, 3.63) is 0 Å². The number of rotatable bonds is 6. The van der Waals surface area contributed by atoms with Gasteiger partial charge in [0.25, 0.3) is 0 Å². The third kappa shape index (κ3) is 4.09. The van der Waals surface area contributed by atoms with E-state index < -0.39 is 9.84 Å². The van der Waals surface area contributed by atoms with Gasteiger partial charge in [-0.15, -0.1) is 0 Å². The van der Waals surface area contributed by atoms with Crippen LogP contribution in [0.1, 0.15) is 25.7 Å². The molecule has 0 radical (unpaired) electrons. The molecule has 1 unspecified atom stereocenters. The van der Waals surface area contributed by atoms with Crippen LogP contribution in [0, 0.1) is 0 Å². The van der Waals surface area contributed by atoms with Gasteiger partial charge in [-0.05, 0) is 25.8 Å². The maximum absolute atomic E-state index is 11.5. The maximum atomic E-state index is 11.5. The minimum absolute atomic E-state index is 0.0234. The van der Waals surface area contributed by atoms with Gasteiger partial charge in [0, 0.05) is 20.0 Å². The van der Waals surface area contributed by atoms with E-state index in [9.17, 15) is 13.2 Å². The Labute approximate surface area is 96.9 Å².